The van der Waals surface area contributed by atoms with Crippen LogP contribution >= 0.6 is 46.6 Å². The second kappa shape index (κ2) is 8.51. The molecule has 1 saturated heterocycles. The van der Waals surface area contributed by atoms with Crippen LogP contribution in [0.25, 0.3) is 0 Å². The van der Waals surface area contributed by atoms with Gasteiger partial charge >= 0.3 is 0 Å². The third-order valence-corrected chi connectivity index (χ3v) is 6.68. The van der Waals surface area contributed by atoms with Gasteiger partial charge in [0.1, 0.15) is 0 Å². The Kier molecular flexibility index (Phi) is 6.59. The van der Waals surface area contributed by atoms with Gasteiger partial charge in [-0.25, -0.2) is 0 Å². The first kappa shape index (κ1) is 19.3. The van der Waals surface area contributed by atoms with Crippen molar-refractivity contribution in [1.82, 2.24) is 9.80 Å². The Morgan fingerprint density at radius 2 is 1.52 bits per heavy atom. The summed E-state index contributed by atoms with van der Waals surface area (Å²) in [6.07, 6.45) is 0. The molecule has 0 radical (unpaired) electrons. The van der Waals surface area contributed by atoms with Gasteiger partial charge in [0, 0.05) is 52.1 Å². The SMILES string of the molecule is C[C@H](c1cc(Cl)ccc1Sc1cc(Cl)ccc1Cl)N1CCN(C)CC1. The monoisotopic (exact) mass is 414 g/mol. The third-order valence-electron chi connectivity index (χ3n) is 4.62. The van der Waals surface area contributed by atoms with Crippen LogP contribution < -0.4 is 0 Å². The predicted molar refractivity (Wildman–Crippen MR) is 110 cm³/mol. The fourth-order valence-electron chi connectivity index (χ4n) is 3.02. The summed E-state index contributed by atoms with van der Waals surface area (Å²) >= 11 is 20.4. The van der Waals surface area contributed by atoms with Crippen molar-refractivity contribution < 1.29 is 0 Å². The number of hydrogen-bond acceptors (Lipinski definition) is 3. The van der Waals surface area contributed by atoms with E-state index in [4.69, 9.17) is 34.8 Å². The molecule has 2 aromatic carbocycles. The van der Waals surface area contributed by atoms with Crippen molar-refractivity contribution in [3.63, 3.8) is 0 Å². The highest BCUT2D eigenvalue weighted by Crippen LogP contribution is 2.40. The number of nitrogens with zero attached hydrogens (tertiary/aromatic N) is 2. The zero-order chi connectivity index (χ0) is 18.0. The Labute approximate surface area is 169 Å². The van der Waals surface area contributed by atoms with Crippen LogP contribution in [-0.4, -0.2) is 43.0 Å². The van der Waals surface area contributed by atoms with E-state index in [1.165, 1.54) is 10.5 Å². The predicted octanol–water partition coefficient (Wildman–Crippen LogP) is 6.11. The van der Waals surface area contributed by atoms with E-state index in [9.17, 15) is 0 Å². The highest BCUT2D eigenvalue weighted by atomic mass is 35.5. The molecule has 0 N–H and O–H groups in total. The normalized spacial score (nSPS) is 17.6. The van der Waals surface area contributed by atoms with Gasteiger partial charge < -0.3 is 4.90 Å². The van der Waals surface area contributed by atoms with E-state index >= 15 is 0 Å². The van der Waals surface area contributed by atoms with Crippen LogP contribution in [-0.2, 0) is 0 Å². The van der Waals surface area contributed by atoms with E-state index in [2.05, 4.69) is 35.9 Å². The lowest BCUT2D eigenvalue weighted by Gasteiger charge is -2.37. The summed E-state index contributed by atoms with van der Waals surface area (Å²) in [7, 11) is 2.17. The topological polar surface area (TPSA) is 6.48 Å². The summed E-state index contributed by atoms with van der Waals surface area (Å²) in [5, 5.41) is 2.16. The molecule has 134 valence electrons. The second-order valence-corrected chi connectivity index (χ2v) is 8.74. The Morgan fingerprint density at radius 3 is 2.24 bits per heavy atom. The van der Waals surface area contributed by atoms with E-state index in [1.54, 1.807) is 11.8 Å². The molecule has 6 heteroatoms. The van der Waals surface area contributed by atoms with E-state index < -0.39 is 0 Å². The van der Waals surface area contributed by atoms with Crippen LogP contribution in [0.1, 0.15) is 18.5 Å². The molecule has 25 heavy (non-hydrogen) atoms. The van der Waals surface area contributed by atoms with Crippen LogP contribution in [0.3, 0.4) is 0 Å². The molecule has 0 aliphatic carbocycles. The fourth-order valence-corrected chi connectivity index (χ4v) is 4.74. The Balaban J connectivity index is 1.88. The molecule has 1 atom stereocenters. The molecular weight excluding hydrogens is 395 g/mol. The molecular formula is C19H21Cl3N2S. The number of rotatable bonds is 4. The summed E-state index contributed by atoms with van der Waals surface area (Å²) in [6.45, 7) is 6.56. The standard InChI is InChI=1S/C19H21Cl3N2S/c1-13(24-9-7-23(2)8-10-24)16-11-14(20)4-6-18(16)25-19-12-15(21)3-5-17(19)22/h3-6,11-13H,7-10H2,1-2H3/t13-/m1/s1. The average molecular weight is 416 g/mol. The lowest BCUT2D eigenvalue weighted by molar-refractivity contribution is 0.118. The summed E-state index contributed by atoms with van der Waals surface area (Å²) in [4.78, 5) is 7.00. The van der Waals surface area contributed by atoms with Gasteiger partial charge in [0.25, 0.3) is 0 Å². The highest BCUT2D eigenvalue weighted by molar-refractivity contribution is 7.99. The number of likely N-dealkylation sites (N-methyl/N-ethyl adjacent to an activating group) is 1. The lowest BCUT2D eigenvalue weighted by atomic mass is 10.1. The molecule has 2 nitrogen and oxygen atoms in total. The lowest BCUT2D eigenvalue weighted by Crippen LogP contribution is -2.45. The highest BCUT2D eigenvalue weighted by Gasteiger charge is 2.23. The Hall–Kier alpha value is -0.420. The van der Waals surface area contributed by atoms with Crippen LogP contribution in [0, 0.1) is 0 Å². The van der Waals surface area contributed by atoms with Crippen LogP contribution in [0.4, 0.5) is 0 Å². The summed E-state index contributed by atoms with van der Waals surface area (Å²) in [5.41, 5.74) is 1.23. The smallest absolute Gasteiger partial charge is 0.0546 e. The summed E-state index contributed by atoms with van der Waals surface area (Å²) < 4.78 is 0. The molecule has 0 saturated carbocycles. The van der Waals surface area contributed by atoms with Crippen molar-refractivity contribution in [3.05, 3.63) is 57.0 Å². The van der Waals surface area contributed by atoms with E-state index in [0.29, 0.717) is 16.1 Å². The van der Waals surface area contributed by atoms with E-state index in [1.807, 2.05) is 24.3 Å². The Bertz CT molecular complexity index is 745. The van der Waals surface area contributed by atoms with Crippen molar-refractivity contribution in [3.8, 4) is 0 Å². The number of hydrogen-bond donors (Lipinski definition) is 0. The van der Waals surface area contributed by atoms with E-state index in [-0.39, 0.29) is 0 Å². The quantitative estimate of drug-likeness (QED) is 0.595. The van der Waals surface area contributed by atoms with Gasteiger partial charge in [-0.05, 0) is 55.9 Å². The zero-order valence-electron chi connectivity index (χ0n) is 14.3. The first-order chi connectivity index (χ1) is 11.9. The minimum absolute atomic E-state index is 0.299. The maximum absolute atomic E-state index is 6.35. The molecule has 3 rings (SSSR count). The van der Waals surface area contributed by atoms with Gasteiger partial charge in [0.15, 0.2) is 0 Å². The molecule has 1 aliphatic rings. The molecule has 0 amide bonds. The first-order valence-corrected chi connectivity index (χ1v) is 10.2. The summed E-state index contributed by atoms with van der Waals surface area (Å²) in [6, 6.07) is 11.9. The van der Waals surface area contributed by atoms with Crippen LogP contribution in [0.2, 0.25) is 15.1 Å². The molecule has 2 aromatic rings. The van der Waals surface area contributed by atoms with Crippen LogP contribution in [0.15, 0.2) is 46.2 Å². The maximum Gasteiger partial charge on any atom is 0.0546 e. The molecule has 0 spiro atoms. The fraction of sp³-hybridized carbons (Fsp3) is 0.368. The van der Waals surface area contributed by atoms with Crippen molar-refractivity contribution >= 4 is 46.6 Å². The summed E-state index contributed by atoms with van der Waals surface area (Å²) in [5.74, 6) is 0. The first-order valence-electron chi connectivity index (χ1n) is 8.29. The molecule has 1 heterocycles. The third kappa shape index (κ3) is 4.85. The van der Waals surface area contributed by atoms with Gasteiger partial charge in [-0.15, -0.1) is 0 Å². The van der Waals surface area contributed by atoms with E-state index in [0.717, 1.165) is 36.1 Å². The minimum Gasteiger partial charge on any atom is -0.304 e. The van der Waals surface area contributed by atoms with Gasteiger partial charge in [-0.2, -0.15) is 0 Å². The number of benzene rings is 2. The second-order valence-electron chi connectivity index (χ2n) is 6.37. The Morgan fingerprint density at radius 1 is 0.880 bits per heavy atom. The van der Waals surface area contributed by atoms with Gasteiger partial charge in [0.2, 0.25) is 0 Å². The van der Waals surface area contributed by atoms with Crippen molar-refractivity contribution in [1.29, 1.82) is 0 Å². The van der Waals surface area contributed by atoms with Gasteiger partial charge in [-0.3, -0.25) is 4.90 Å². The molecule has 1 fully saturated rings. The van der Waals surface area contributed by atoms with Crippen molar-refractivity contribution in [2.75, 3.05) is 33.2 Å². The van der Waals surface area contributed by atoms with Crippen molar-refractivity contribution in [2.24, 2.45) is 0 Å². The average Bonchev–Trinajstić information content (AvgIpc) is 2.59. The van der Waals surface area contributed by atoms with Crippen LogP contribution in [0.5, 0.6) is 0 Å². The molecule has 0 unspecified atom stereocenters. The van der Waals surface area contributed by atoms with Crippen molar-refractivity contribution in [2.45, 2.75) is 22.8 Å². The van der Waals surface area contributed by atoms with Gasteiger partial charge in [0.05, 0.1) is 5.02 Å². The number of halogens is 3. The maximum atomic E-state index is 6.35. The molecule has 1 aliphatic heterocycles. The molecule has 0 aromatic heterocycles. The molecule has 0 bridgehead atoms. The van der Waals surface area contributed by atoms with Gasteiger partial charge in [-0.1, -0.05) is 46.6 Å². The zero-order valence-corrected chi connectivity index (χ0v) is 17.4. The largest absolute Gasteiger partial charge is 0.304 e. The number of piperazine rings is 1. The minimum atomic E-state index is 0.299.